The lowest BCUT2D eigenvalue weighted by atomic mass is 10.2. The van der Waals surface area contributed by atoms with Crippen molar-refractivity contribution in [1.82, 2.24) is 0 Å². The van der Waals surface area contributed by atoms with Crippen LogP contribution in [0.25, 0.3) is 0 Å². The maximum atomic E-state index is 6.00. The third-order valence-electron chi connectivity index (χ3n) is 1.17. The summed E-state index contributed by atoms with van der Waals surface area (Å²) >= 11 is 0. The summed E-state index contributed by atoms with van der Waals surface area (Å²) in [4.78, 5) is 0. The summed E-state index contributed by atoms with van der Waals surface area (Å²) in [6, 6.07) is 8.45. The number of benzene rings is 1. The highest BCUT2D eigenvalue weighted by molar-refractivity contribution is 5.20. The average molecular weight is 140 g/mol. The van der Waals surface area contributed by atoms with E-state index in [4.69, 9.17) is 10.5 Å². The Morgan fingerprint density at radius 2 is 1.40 bits per heavy atom. The van der Waals surface area contributed by atoms with Gasteiger partial charge in [0.25, 0.3) is 0 Å². The van der Waals surface area contributed by atoms with Gasteiger partial charge in [-0.1, -0.05) is 35.4 Å². The van der Waals surface area contributed by atoms with Crippen LogP contribution in [0, 0.1) is 13.8 Å². The summed E-state index contributed by atoms with van der Waals surface area (Å²) in [5.74, 6) is 0. The Bertz CT molecular complexity index is 167. The molecular formula is C8H12O2. The molecule has 10 heavy (non-hydrogen) atoms. The number of rotatable bonds is 0. The van der Waals surface area contributed by atoms with Gasteiger partial charge < -0.3 is 0 Å². The van der Waals surface area contributed by atoms with E-state index in [1.807, 2.05) is 0 Å². The second-order valence-electron chi connectivity index (χ2n) is 2.16. The minimum Gasteiger partial charge on any atom is -0.255 e. The molecule has 0 saturated carbocycles. The van der Waals surface area contributed by atoms with Crippen LogP contribution in [0.2, 0.25) is 0 Å². The predicted molar refractivity (Wildman–Crippen MR) is 41.2 cm³/mol. The van der Waals surface area contributed by atoms with E-state index < -0.39 is 0 Å². The zero-order valence-corrected chi connectivity index (χ0v) is 6.20. The first-order chi connectivity index (χ1) is 4.79. The average Bonchev–Trinajstić information content (AvgIpc) is 1.91. The molecule has 0 aliphatic heterocycles. The first-order valence-corrected chi connectivity index (χ1v) is 3.02. The minimum atomic E-state index is 1.34. The number of hydrogen-bond donors (Lipinski definition) is 2. The smallest absolute Gasteiger partial charge is 0.0398 e. The Kier molecular flexibility index (Phi) is 4.54. The van der Waals surface area contributed by atoms with Crippen LogP contribution in [-0.4, -0.2) is 10.5 Å². The Morgan fingerprint density at radius 1 is 1.00 bits per heavy atom. The molecule has 1 aromatic rings. The summed E-state index contributed by atoms with van der Waals surface area (Å²) in [6.07, 6.45) is 0. The molecule has 0 bridgehead atoms. The van der Waals surface area contributed by atoms with Gasteiger partial charge in [0.05, 0.1) is 0 Å². The molecule has 2 heteroatoms. The normalized spacial score (nSPS) is 8.00. The highest BCUT2D eigenvalue weighted by Gasteiger charge is 1.80. The maximum absolute atomic E-state index is 6.00. The van der Waals surface area contributed by atoms with Crippen LogP contribution in [0.4, 0.5) is 0 Å². The SMILES string of the molecule is Cc1cccc(C)c1.OO. The summed E-state index contributed by atoms with van der Waals surface area (Å²) in [6.45, 7) is 4.21. The second-order valence-corrected chi connectivity index (χ2v) is 2.16. The lowest BCUT2D eigenvalue weighted by molar-refractivity contribution is -0.176. The molecule has 1 aromatic carbocycles. The van der Waals surface area contributed by atoms with E-state index in [-0.39, 0.29) is 0 Å². The van der Waals surface area contributed by atoms with E-state index >= 15 is 0 Å². The summed E-state index contributed by atoms with van der Waals surface area (Å²) in [5.41, 5.74) is 2.68. The number of hydrogen-bond acceptors (Lipinski definition) is 2. The largest absolute Gasteiger partial charge is 0.255 e. The minimum absolute atomic E-state index is 1.34. The van der Waals surface area contributed by atoms with Gasteiger partial charge in [-0.2, -0.15) is 0 Å². The monoisotopic (exact) mass is 140 g/mol. The predicted octanol–water partition coefficient (Wildman–Crippen LogP) is 2.32. The molecule has 0 saturated heterocycles. The van der Waals surface area contributed by atoms with Crippen molar-refractivity contribution >= 4 is 0 Å². The summed E-state index contributed by atoms with van der Waals surface area (Å²) in [7, 11) is 0. The highest BCUT2D eigenvalue weighted by atomic mass is 17.0. The molecule has 0 aliphatic carbocycles. The molecule has 0 radical (unpaired) electrons. The van der Waals surface area contributed by atoms with Crippen LogP contribution < -0.4 is 0 Å². The molecule has 2 nitrogen and oxygen atoms in total. The fourth-order valence-corrected chi connectivity index (χ4v) is 0.807. The summed E-state index contributed by atoms with van der Waals surface area (Å²) in [5, 5.41) is 12.0. The quantitative estimate of drug-likeness (QED) is 0.429. The van der Waals surface area contributed by atoms with Crippen molar-refractivity contribution in [2.45, 2.75) is 13.8 Å². The van der Waals surface area contributed by atoms with Crippen molar-refractivity contribution in [3.63, 3.8) is 0 Å². The molecule has 0 aliphatic rings. The number of aryl methyl sites for hydroxylation is 2. The fourth-order valence-electron chi connectivity index (χ4n) is 0.807. The molecule has 0 amide bonds. The third kappa shape index (κ3) is 3.22. The van der Waals surface area contributed by atoms with E-state index in [2.05, 4.69) is 38.1 Å². The molecule has 0 aromatic heterocycles. The van der Waals surface area contributed by atoms with Crippen LogP contribution >= 0.6 is 0 Å². The van der Waals surface area contributed by atoms with E-state index in [9.17, 15) is 0 Å². The Hall–Kier alpha value is -0.860. The second kappa shape index (κ2) is 4.97. The molecule has 0 spiro atoms. The van der Waals surface area contributed by atoms with Crippen molar-refractivity contribution in [3.8, 4) is 0 Å². The topological polar surface area (TPSA) is 40.5 Å². The van der Waals surface area contributed by atoms with E-state index in [0.717, 1.165) is 0 Å². The van der Waals surface area contributed by atoms with Gasteiger partial charge in [-0.3, -0.25) is 10.5 Å². The summed E-state index contributed by atoms with van der Waals surface area (Å²) < 4.78 is 0. The van der Waals surface area contributed by atoms with Crippen molar-refractivity contribution in [2.24, 2.45) is 0 Å². The van der Waals surface area contributed by atoms with Gasteiger partial charge in [-0.05, 0) is 13.8 Å². The molecular weight excluding hydrogens is 128 g/mol. The standard InChI is InChI=1S/C8H10.H2O2/c1-7-4-3-5-8(2)6-7;1-2/h3-6H,1-2H3;1-2H. The van der Waals surface area contributed by atoms with Gasteiger partial charge in [-0.25, -0.2) is 0 Å². The van der Waals surface area contributed by atoms with Crippen molar-refractivity contribution in [2.75, 3.05) is 0 Å². The van der Waals surface area contributed by atoms with Crippen LogP contribution in [0.5, 0.6) is 0 Å². The molecule has 56 valence electrons. The fraction of sp³-hybridized carbons (Fsp3) is 0.250. The van der Waals surface area contributed by atoms with Crippen LogP contribution in [-0.2, 0) is 0 Å². The molecule has 0 atom stereocenters. The maximum Gasteiger partial charge on any atom is -0.0398 e. The van der Waals surface area contributed by atoms with Gasteiger partial charge in [0.15, 0.2) is 0 Å². The van der Waals surface area contributed by atoms with E-state index in [1.54, 1.807) is 0 Å². The zero-order chi connectivity index (χ0) is 7.98. The molecule has 2 N–H and O–H groups in total. The van der Waals surface area contributed by atoms with Gasteiger partial charge >= 0.3 is 0 Å². The van der Waals surface area contributed by atoms with Crippen LogP contribution in [0.1, 0.15) is 11.1 Å². The molecule has 0 heterocycles. The van der Waals surface area contributed by atoms with Crippen molar-refractivity contribution in [1.29, 1.82) is 0 Å². The zero-order valence-electron chi connectivity index (χ0n) is 6.20. The Balaban J connectivity index is 0.000000371. The highest BCUT2D eigenvalue weighted by Crippen LogP contribution is 2.00. The molecule has 0 fully saturated rings. The first-order valence-electron chi connectivity index (χ1n) is 3.02. The Morgan fingerprint density at radius 3 is 1.60 bits per heavy atom. The van der Waals surface area contributed by atoms with Crippen LogP contribution in [0.15, 0.2) is 24.3 Å². The van der Waals surface area contributed by atoms with E-state index in [0.29, 0.717) is 0 Å². The third-order valence-corrected chi connectivity index (χ3v) is 1.17. The van der Waals surface area contributed by atoms with Crippen molar-refractivity contribution in [3.05, 3.63) is 35.4 Å². The van der Waals surface area contributed by atoms with Gasteiger partial charge in [0.2, 0.25) is 0 Å². The molecule has 0 unspecified atom stereocenters. The van der Waals surface area contributed by atoms with Crippen LogP contribution in [0.3, 0.4) is 0 Å². The van der Waals surface area contributed by atoms with E-state index in [1.165, 1.54) is 11.1 Å². The molecule has 1 rings (SSSR count). The first kappa shape index (κ1) is 9.14. The van der Waals surface area contributed by atoms with Gasteiger partial charge in [0, 0.05) is 0 Å². The lowest BCUT2D eigenvalue weighted by Gasteiger charge is -1.90. The van der Waals surface area contributed by atoms with Gasteiger partial charge in [-0.15, -0.1) is 0 Å². The van der Waals surface area contributed by atoms with Gasteiger partial charge in [0.1, 0.15) is 0 Å². The Labute approximate surface area is 60.7 Å². The lowest BCUT2D eigenvalue weighted by Crippen LogP contribution is -1.71. The van der Waals surface area contributed by atoms with Crippen molar-refractivity contribution < 1.29 is 10.5 Å².